The molecular weight excluding hydrogens is 578 g/mol. The normalized spacial score (nSPS) is 13.6. The monoisotopic (exact) mass is 618 g/mol. The summed E-state index contributed by atoms with van der Waals surface area (Å²) >= 11 is 6.11. The molecule has 11 nitrogen and oxygen atoms in total. The Kier molecular flexibility index (Phi) is 15.2. The summed E-state index contributed by atoms with van der Waals surface area (Å²) in [5.74, 6) is -3.98. The highest BCUT2D eigenvalue weighted by molar-refractivity contribution is 6.31. The molecule has 0 spiro atoms. The Morgan fingerprint density at radius 3 is 2.00 bits per heavy atom. The summed E-state index contributed by atoms with van der Waals surface area (Å²) in [6, 6.07) is 2.70. The van der Waals surface area contributed by atoms with E-state index in [0.29, 0.717) is 11.4 Å². The molecule has 236 valence electrons. The van der Waals surface area contributed by atoms with E-state index < -0.39 is 72.8 Å². The standard InChI is InChI=1S/C28H41ClF2N4O7/c1-16(2)14-20(33-25(39)19(10-11-23(36)37)35-27(41)42-28(3,4)5)26(40)34-21(15-22(30)31)24(38)32-13-12-17-8-6-7-9-18(17)29/h6-9,16,19-22H,10-15H2,1-5H3,(H,32,38)(H,33,39)(H,34,40)(H,35,41)(H,36,37)/t19-,20-,21-/m0/s1. The van der Waals surface area contributed by atoms with Crippen molar-refractivity contribution in [2.24, 2.45) is 5.92 Å². The Morgan fingerprint density at radius 2 is 1.48 bits per heavy atom. The van der Waals surface area contributed by atoms with Gasteiger partial charge in [0.05, 0.1) is 0 Å². The Labute approximate surface area is 249 Å². The molecule has 0 unspecified atom stereocenters. The fourth-order valence-electron chi connectivity index (χ4n) is 3.79. The van der Waals surface area contributed by atoms with Gasteiger partial charge >= 0.3 is 12.1 Å². The minimum atomic E-state index is -2.92. The number of carbonyl (C=O) groups is 5. The summed E-state index contributed by atoms with van der Waals surface area (Å²) in [5.41, 5.74) is -0.155. The van der Waals surface area contributed by atoms with Crippen molar-refractivity contribution in [2.45, 2.75) is 96.9 Å². The molecule has 4 amide bonds. The first-order valence-electron chi connectivity index (χ1n) is 13.6. The van der Waals surface area contributed by atoms with Gasteiger partial charge in [0.15, 0.2) is 0 Å². The van der Waals surface area contributed by atoms with Gasteiger partial charge in [-0.3, -0.25) is 19.2 Å². The quantitative estimate of drug-likeness (QED) is 0.189. The van der Waals surface area contributed by atoms with Crippen LogP contribution in [0.3, 0.4) is 0 Å². The molecule has 0 aliphatic carbocycles. The Morgan fingerprint density at radius 1 is 0.905 bits per heavy atom. The van der Waals surface area contributed by atoms with Gasteiger partial charge in [-0.2, -0.15) is 0 Å². The van der Waals surface area contributed by atoms with Crippen LogP contribution in [0.15, 0.2) is 24.3 Å². The van der Waals surface area contributed by atoms with Gasteiger partial charge in [0, 0.05) is 24.4 Å². The zero-order valence-corrected chi connectivity index (χ0v) is 25.2. The summed E-state index contributed by atoms with van der Waals surface area (Å²) in [4.78, 5) is 62.4. The van der Waals surface area contributed by atoms with Gasteiger partial charge < -0.3 is 31.1 Å². The van der Waals surface area contributed by atoms with Gasteiger partial charge in [-0.05, 0) is 57.6 Å². The van der Waals surface area contributed by atoms with Crippen LogP contribution in [0.5, 0.6) is 0 Å². The minimum Gasteiger partial charge on any atom is -0.481 e. The molecule has 0 fully saturated rings. The number of carboxylic acid groups (broad SMARTS) is 1. The molecule has 3 atom stereocenters. The van der Waals surface area contributed by atoms with Crippen molar-refractivity contribution in [2.75, 3.05) is 6.54 Å². The van der Waals surface area contributed by atoms with Gasteiger partial charge in [0.1, 0.15) is 23.7 Å². The number of halogens is 3. The summed E-state index contributed by atoms with van der Waals surface area (Å²) in [7, 11) is 0. The van der Waals surface area contributed by atoms with E-state index in [1.807, 2.05) is 0 Å². The number of alkyl halides is 2. The van der Waals surface area contributed by atoms with Gasteiger partial charge in [-0.15, -0.1) is 0 Å². The average Bonchev–Trinajstić information content (AvgIpc) is 2.84. The van der Waals surface area contributed by atoms with Crippen LogP contribution in [-0.4, -0.2) is 71.6 Å². The Hall–Kier alpha value is -3.48. The topological polar surface area (TPSA) is 163 Å². The van der Waals surface area contributed by atoms with Crippen LogP contribution in [0.2, 0.25) is 5.02 Å². The SMILES string of the molecule is CC(C)C[C@H](NC(=O)[C@H](CCC(=O)O)NC(=O)OC(C)(C)C)C(=O)N[C@@H](CC(F)F)C(=O)NCCc1ccccc1Cl. The van der Waals surface area contributed by atoms with Crippen LogP contribution in [-0.2, 0) is 30.3 Å². The number of benzene rings is 1. The number of nitrogens with one attached hydrogen (secondary N) is 4. The highest BCUT2D eigenvalue weighted by Gasteiger charge is 2.32. The third kappa shape index (κ3) is 14.9. The van der Waals surface area contributed by atoms with E-state index in [4.69, 9.17) is 21.4 Å². The van der Waals surface area contributed by atoms with Gasteiger partial charge in [-0.25, -0.2) is 13.6 Å². The number of ether oxygens (including phenoxy) is 1. The molecule has 42 heavy (non-hydrogen) atoms. The maximum absolute atomic E-state index is 13.3. The maximum atomic E-state index is 13.3. The lowest BCUT2D eigenvalue weighted by Crippen LogP contribution is -2.57. The minimum absolute atomic E-state index is 0.0607. The number of aliphatic carboxylic acids is 1. The van der Waals surface area contributed by atoms with Crippen LogP contribution in [0.25, 0.3) is 0 Å². The molecule has 14 heteroatoms. The molecule has 0 bridgehead atoms. The van der Waals surface area contributed by atoms with Crippen LogP contribution in [0, 0.1) is 5.92 Å². The molecule has 0 aliphatic heterocycles. The molecule has 0 saturated heterocycles. The number of amides is 4. The predicted octanol–water partition coefficient (Wildman–Crippen LogP) is 3.43. The van der Waals surface area contributed by atoms with E-state index in [1.165, 1.54) is 0 Å². The number of alkyl carbamates (subject to hydrolysis) is 1. The van der Waals surface area contributed by atoms with E-state index in [0.717, 1.165) is 5.56 Å². The van der Waals surface area contributed by atoms with Crippen molar-refractivity contribution in [1.29, 1.82) is 0 Å². The van der Waals surface area contributed by atoms with E-state index in [-0.39, 0.29) is 25.3 Å². The smallest absolute Gasteiger partial charge is 0.408 e. The molecule has 0 radical (unpaired) electrons. The van der Waals surface area contributed by atoms with E-state index in [2.05, 4.69) is 21.3 Å². The molecule has 5 N–H and O–H groups in total. The second kappa shape index (κ2) is 17.5. The van der Waals surface area contributed by atoms with Gasteiger partial charge in [-0.1, -0.05) is 43.6 Å². The number of hydrogen-bond acceptors (Lipinski definition) is 6. The Bertz CT molecular complexity index is 1080. The summed E-state index contributed by atoms with van der Waals surface area (Å²) < 4.78 is 31.8. The highest BCUT2D eigenvalue weighted by atomic mass is 35.5. The highest BCUT2D eigenvalue weighted by Crippen LogP contribution is 2.15. The van der Waals surface area contributed by atoms with Crippen LogP contribution in [0.1, 0.15) is 65.9 Å². The Balaban J connectivity index is 3.00. The molecule has 1 aromatic rings. The summed E-state index contributed by atoms with van der Waals surface area (Å²) in [6.45, 7) is 8.39. The molecule has 0 aliphatic rings. The van der Waals surface area contributed by atoms with Crippen molar-refractivity contribution >= 4 is 41.4 Å². The number of hydrogen-bond donors (Lipinski definition) is 5. The second-order valence-corrected chi connectivity index (χ2v) is 11.5. The number of carboxylic acids is 1. The van der Waals surface area contributed by atoms with Crippen molar-refractivity contribution in [1.82, 2.24) is 21.3 Å². The first-order valence-corrected chi connectivity index (χ1v) is 14.0. The molecule has 0 aromatic heterocycles. The maximum Gasteiger partial charge on any atom is 0.408 e. The summed E-state index contributed by atoms with van der Waals surface area (Å²) in [6.07, 6.45) is -5.24. The first-order chi connectivity index (χ1) is 19.5. The fourth-order valence-corrected chi connectivity index (χ4v) is 4.02. The average molecular weight is 619 g/mol. The van der Waals surface area contributed by atoms with E-state index in [1.54, 1.807) is 58.9 Å². The van der Waals surface area contributed by atoms with Crippen molar-refractivity contribution in [3.63, 3.8) is 0 Å². The van der Waals surface area contributed by atoms with Crippen LogP contribution < -0.4 is 21.3 Å². The van der Waals surface area contributed by atoms with Gasteiger partial charge in [0.2, 0.25) is 24.1 Å². The van der Waals surface area contributed by atoms with E-state index >= 15 is 0 Å². The second-order valence-electron chi connectivity index (χ2n) is 11.1. The summed E-state index contributed by atoms with van der Waals surface area (Å²) in [5, 5.41) is 19.2. The molecule has 1 aromatic carbocycles. The van der Waals surface area contributed by atoms with Crippen LogP contribution in [0.4, 0.5) is 13.6 Å². The third-order valence-electron chi connectivity index (χ3n) is 5.69. The largest absolute Gasteiger partial charge is 0.481 e. The molecule has 0 saturated carbocycles. The third-order valence-corrected chi connectivity index (χ3v) is 6.06. The molecular formula is C28H41ClF2N4O7. The zero-order chi connectivity index (χ0) is 32.0. The van der Waals surface area contributed by atoms with Crippen LogP contribution >= 0.6 is 11.6 Å². The molecule has 0 heterocycles. The van der Waals surface area contributed by atoms with Crippen molar-refractivity contribution in [3.8, 4) is 0 Å². The molecule has 1 rings (SSSR count). The zero-order valence-electron chi connectivity index (χ0n) is 24.5. The van der Waals surface area contributed by atoms with Crippen molar-refractivity contribution in [3.05, 3.63) is 34.9 Å². The lowest BCUT2D eigenvalue weighted by atomic mass is 10.0. The lowest BCUT2D eigenvalue weighted by molar-refractivity contribution is -0.137. The fraction of sp³-hybridized carbons (Fsp3) is 0.607. The van der Waals surface area contributed by atoms with E-state index in [9.17, 15) is 32.8 Å². The predicted molar refractivity (Wildman–Crippen MR) is 152 cm³/mol. The number of rotatable bonds is 16. The lowest BCUT2D eigenvalue weighted by Gasteiger charge is -2.27. The van der Waals surface area contributed by atoms with Gasteiger partial charge in [0.25, 0.3) is 0 Å². The number of carbonyl (C=O) groups excluding carboxylic acids is 4. The van der Waals surface area contributed by atoms with Crippen molar-refractivity contribution < 1.29 is 42.6 Å². The first kappa shape index (κ1) is 36.5.